The Balaban J connectivity index is 2.84. The second kappa shape index (κ2) is 6.51. The zero-order valence-corrected chi connectivity index (χ0v) is 5.96. The van der Waals surface area contributed by atoms with E-state index in [1.54, 1.807) is 0 Å². The highest BCUT2D eigenvalue weighted by atomic mass is 16.5. The van der Waals surface area contributed by atoms with Gasteiger partial charge in [-0.1, -0.05) is 0 Å². The fourth-order valence-corrected chi connectivity index (χ4v) is 0.418. The lowest BCUT2D eigenvalue weighted by Crippen LogP contribution is -2.28. The summed E-state index contributed by atoms with van der Waals surface area (Å²) in [5.41, 5.74) is 0. The molecule has 0 rings (SSSR count). The monoisotopic (exact) mass is 147 g/mol. The van der Waals surface area contributed by atoms with Crippen molar-refractivity contribution in [3.63, 3.8) is 0 Å². The molecule has 0 atom stereocenters. The standard InChI is InChI=1S/C6H12O4/c1-2-9-3-4-10-5-6(7)8/h2-5H2,1H3,(H,7,8)/p-1. The van der Waals surface area contributed by atoms with Crippen molar-refractivity contribution in [2.24, 2.45) is 0 Å². The summed E-state index contributed by atoms with van der Waals surface area (Å²) >= 11 is 0. The quantitative estimate of drug-likeness (QED) is 0.442. The van der Waals surface area contributed by atoms with Crippen LogP contribution in [0, 0.1) is 0 Å². The van der Waals surface area contributed by atoms with E-state index in [9.17, 15) is 9.90 Å². The summed E-state index contributed by atoms with van der Waals surface area (Å²) in [5, 5.41) is 9.76. The molecule has 0 aliphatic rings. The van der Waals surface area contributed by atoms with E-state index < -0.39 is 5.97 Å². The Bertz CT molecular complexity index is 91.7. The van der Waals surface area contributed by atoms with E-state index in [-0.39, 0.29) is 6.61 Å². The molecular formula is C6H11O4-. The highest BCUT2D eigenvalue weighted by Crippen LogP contribution is 1.76. The summed E-state index contributed by atoms with van der Waals surface area (Å²) < 4.78 is 9.49. The third kappa shape index (κ3) is 7.39. The summed E-state index contributed by atoms with van der Waals surface area (Å²) in [6, 6.07) is 0. The molecule has 4 heteroatoms. The van der Waals surface area contributed by atoms with E-state index in [1.807, 2.05) is 6.92 Å². The first-order chi connectivity index (χ1) is 4.77. The van der Waals surface area contributed by atoms with Crippen molar-refractivity contribution >= 4 is 5.97 Å². The SMILES string of the molecule is CCOCCOCC(=O)[O-]. The molecule has 0 radical (unpaired) electrons. The van der Waals surface area contributed by atoms with Crippen molar-refractivity contribution in [1.82, 2.24) is 0 Å². The van der Waals surface area contributed by atoms with Crippen molar-refractivity contribution in [3.8, 4) is 0 Å². The molecule has 0 bridgehead atoms. The van der Waals surface area contributed by atoms with E-state index in [0.29, 0.717) is 19.8 Å². The van der Waals surface area contributed by atoms with Crippen LogP contribution in [0.4, 0.5) is 0 Å². The van der Waals surface area contributed by atoms with Crippen molar-refractivity contribution in [1.29, 1.82) is 0 Å². The summed E-state index contributed by atoms with van der Waals surface area (Å²) in [4.78, 5) is 9.76. The molecule has 0 aromatic carbocycles. The zero-order valence-electron chi connectivity index (χ0n) is 5.96. The third-order valence-electron chi connectivity index (χ3n) is 0.796. The van der Waals surface area contributed by atoms with Crippen LogP contribution in [-0.4, -0.2) is 32.4 Å². The maximum absolute atomic E-state index is 9.76. The molecule has 0 aromatic rings. The number of hydrogen-bond donors (Lipinski definition) is 0. The molecule has 0 heterocycles. The predicted molar refractivity (Wildman–Crippen MR) is 32.3 cm³/mol. The van der Waals surface area contributed by atoms with Gasteiger partial charge in [-0.3, -0.25) is 0 Å². The lowest BCUT2D eigenvalue weighted by Gasteiger charge is -2.03. The van der Waals surface area contributed by atoms with Crippen LogP contribution in [-0.2, 0) is 14.3 Å². The topological polar surface area (TPSA) is 58.6 Å². The van der Waals surface area contributed by atoms with Crippen molar-refractivity contribution < 1.29 is 19.4 Å². The molecule has 60 valence electrons. The van der Waals surface area contributed by atoms with E-state index >= 15 is 0 Å². The van der Waals surface area contributed by atoms with Gasteiger partial charge in [0.2, 0.25) is 0 Å². The van der Waals surface area contributed by atoms with Gasteiger partial charge >= 0.3 is 0 Å². The van der Waals surface area contributed by atoms with Gasteiger partial charge in [0.25, 0.3) is 0 Å². The molecule has 0 aromatic heterocycles. The Morgan fingerprint density at radius 3 is 2.50 bits per heavy atom. The maximum atomic E-state index is 9.76. The molecule has 0 spiro atoms. The number of aliphatic carboxylic acids is 1. The molecule has 0 N–H and O–H groups in total. The molecule has 0 unspecified atom stereocenters. The summed E-state index contributed by atoms with van der Waals surface area (Å²) in [6.07, 6.45) is 0. The first-order valence-electron chi connectivity index (χ1n) is 3.12. The van der Waals surface area contributed by atoms with Gasteiger partial charge in [0, 0.05) is 6.61 Å². The average Bonchev–Trinajstić information content (AvgIpc) is 1.87. The van der Waals surface area contributed by atoms with Gasteiger partial charge in [0.1, 0.15) is 0 Å². The van der Waals surface area contributed by atoms with E-state index in [2.05, 4.69) is 4.74 Å². The van der Waals surface area contributed by atoms with Gasteiger partial charge in [-0.2, -0.15) is 0 Å². The molecule has 0 aliphatic heterocycles. The van der Waals surface area contributed by atoms with Crippen LogP contribution in [0.25, 0.3) is 0 Å². The fraction of sp³-hybridized carbons (Fsp3) is 0.833. The van der Waals surface area contributed by atoms with Crippen molar-refractivity contribution in [2.75, 3.05) is 26.4 Å². The van der Waals surface area contributed by atoms with Gasteiger partial charge in [-0.05, 0) is 6.92 Å². The van der Waals surface area contributed by atoms with Crippen LogP contribution < -0.4 is 5.11 Å². The lowest BCUT2D eigenvalue weighted by atomic mass is 10.7. The molecule has 0 amide bonds. The fourth-order valence-electron chi connectivity index (χ4n) is 0.418. The number of ether oxygens (including phenoxy) is 2. The first-order valence-corrected chi connectivity index (χ1v) is 3.12. The van der Waals surface area contributed by atoms with Crippen molar-refractivity contribution in [2.45, 2.75) is 6.92 Å². The number of carbonyl (C=O) groups excluding carboxylic acids is 1. The highest BCUT2D eigenvalue weighted by molar-refractivity contribution is 5.65. The Kier molecular flexibility index (Phi) is 6.11. The number of carboxylic acid groups (broad SMARTS) is 1. The van der Waals surface area contributed by atoms with Crippen LogP contribution in [0.15, 0.2) is 0 Å². The Morgan fingerprint density at radius 2 is 2.00 bits per heavy atom. The average molecular weight is 147 g/mol. The third-order valence-corrected chi connectivity index (χ3v) is 0.796. The zero-order chi connectivity index (χ0) is 7.82. The minimum Gasteiger partial charge on any atom is -0.548 e. The molecule has 0 saturated carbocycles. The number of carbonyl (C=O) groups is 1. The van der Waals surface area contributed by atoms with Gasteiger partial charge in [-0.15, -0.1) is 0 Å². The molecule has 0 saturated heterocycles. The minimum atomic E-state index is -1.20. The molecular weight excluding hydrogens is 136 g/mol. The molecule has 0 fully saturated rings. The minimum absolute atomic E-state index is 0.307. The van der Waals surface area contributed by atoms with Crippen molar-refractivity contribution in [3.05, 3.63) is 0 Å². The Hall–Kier alpha value is -0.610. The Labute approximate surface area is 59.7 Å². The smallest absolute Gasteiger partial charge is 0.0862 e. The summed E-state index contributed by atoms with van der Waals surface area (Å²) in [5.74, 6) is -1.20. The second-order valence-corrected chi connectivity index (χ2v) is 1.62. The Morgan fingerprint density at radius 1 is 1.40 bits per heavy atom. The van der Waals surface area contributed by atoms with Crippen LogP contribution in [0.1, 0.15) is 6.92 Å². The van der Waals surface area contributed by atoms with E-state index in [0.717, 1.165) is 0 Å². The normalized spacial score (nSPS) is 9.70. The van der Waals surface area contributed by atoms with Gasteiger partial charge in [0.05, 0.1) is 25.8 Å². The number of rotatable bonds is 6. The molecule has 10 heavy (non-hydrogen) atoms. The van der Waals surface area contributed by atoms with E-state index in [4.69, 9.17) is 4.74 Å². The largest absolute Gasteiger partial charge is 0.548 e. The van der Waals surface area contributed by atoms with Gasteiger partial charge < -0.3 is 19.4 Å². The molecule has 4 nitrogen and oxygen atoms in total. The molecule has 0 aliphatic carbocycles. The van der Waals surface area contributed by atoms with Gasteiger partial charge in [-0.25, -0.2) is 0 Å². The second-order valence-electron chi connectivity index (χ2n) is 1.62. The van der Waals surface area contributed by atoms with Crippen LogP contribution in [0.5, 0.6) is 0 Å². The number of hydrogen-bond acceptors (Lipinski definition) is 4. The van der Waals surface area contributed by atoms with Gasteiger partial charge in [0.15, 0.2) is 0 Å². The van der Waals surface area contributed by atoms with E-state index in [1.165, 1.54) is 0 Å². The van der Waals surface area contributed by atoms with Crippen LogP contribution in [0.3, 0.4) is 0 Å². The predicted octanol–water partition coefficient (Wildman–Crippen LogP) is -1.21. The summed E-state index contributed by atoms with van der Waals surface area (Å²) in [6.45, 7) is 2.87. The lowest BCUT2D eigenvalue weighted by molar-refractivity contribution is -0.309. The highest BCUT2D eigenvalue weighted by Gasteiger charge is 1.86. The van der Waals surface area contributed by atoms with Crippen LogP contribution in [0.2, 0.25) is 0 Å². The summed E-state index contributed by atoms with van der Waals surface area (Å²) in [7, 11) is 0. The van der Waals surface area contributed by atoms with Crippen LogP contribution >= 0.6 is 0 Å². The number of carboxylic acids is 1. The maximum Gasteiger partial charge on any atom is 0.0862 e. The first kappa shape index (κ1) is 9.39.